The van der Waals surface area contributed by atoms with E-state index in [1.165, 1.54) is 89.5 Å². The summed E-state index contributed by atoms with van der Waals surface area (Å²) in [6.45, 7) is 10.3. The van der Waals surface area contributed by atoms with Crippen LogP contribution in [0.25, 0.3) is 0 Å². The molecule has 0 fully saturated rings. The van der Waals surface area contributed by atoms with Crippen LogP contribution < -0.4 is 0 Å². The van der Waals surface area contributed by atoms with Crippen LogP contribution in [0, 0.1) is 0 Å². The first-order valence-electron chi connectivity index (χ1n) is 11.3. The maximum absolute atomic E-state index is 11.2. The Morgan fingerprint density at radius 1 is 0.741 bits per heavy atom. The minimum Gasteiger partial charge on any atom is -0.462 e. The highest BCUT2D eigenvalue weighted by Crippen LogP contribution is 2.19. The summed E-state index contributed by atoms with van der Waals surface area (Å²) in [5.74, 6) is -0.258. The van der Waals surface area contributed by atoms with Gasteiger partial charge in [0.15, 0.2) is 0 Å². The number of esters is 1. The van der Waals surface area contributed by atoms with Crippen molar-refractivity contribution < 1.29 is 9.53 Å². The number of halogens is 1. The maximum Gasteiger partial charge on any atom is 0.333 e. The summed E-state index contributed by atoms with van der Waals surface area (Å²) in [6, 6.07) is 1.27. The van der Waals surface area contributed by atoms with Crippen molar-refractivity contribution in [2.45, 2.75) is 122 Å². The normalized spacial score (nSPS) is 11.6. The summed E-state index contributed by atoms with van der Waals surface area (Å²) < 4.78 is 5.09. The third kappa shape index (κ3) is 21.9. The van der Waals surface area contributed by atoms with Gasteiger partial charge < -0.3 is 4.74 Å². The average molecular weight is 417 g/mol. The lowest BCUT2D eigenvalue weighted by atomic mass is 10.0. The third-order valence-electron chi connectivity index (χ3n) is 5.00. The molecule has 0 spiro atoms. The molecule has 160 valence electrons. The fourth-order valence-electron chi connectivity index (χ4n) is 3.23. The molecule has 0 rings (SSSR count). The van der Waals surface area contributed by atoms with Crippen molar-refractivity contribution in [2.75, 3.05) is 6.61 Å². The largest absolute Gasteiger partial charge is 0.462 e. The Bertz CT molecular complexity index is 377. The van der Waals surface area contributed by atoms with Crippen molar-refractivity contribution in [3.8, 4) is 0 Å². The SMILES string of the molecule is C=C(C)C(=O)OCCCCCCCCCCCCCCCCC[Si](C)(C)Cl. The van der Waals surface area contributed by atoms with Gasteiger partial charge in [0.1, 0.15) is 7.38 Å². The van der Waals surface area contributed by atoms with Gasteiger partial charge in [-0.2, -0.15) is 11.1 Å². The van der Waals surface area contributed by atoms with E-state index in [9.17, 15) is 4.79 Å². The van der Waals surface area contributed by atoms with Crippen LogP contribution in [0.1, 0.15) is 103 Å². The maximum atomic E-state index is 11.2. The van der Waals surface area contributed by atoms with Crippen LogP contribution in [0.3, 0.4) is 0 Å². The Morgan fingerprint density at radius 2 is 1.07 bits per heavy atom. The van der Waals surface area contributed by atoms with Crippen molar-refractivity contribution in [3.63, 3.8) is 0 Å². The van der Waals surface area contributed by atoms with Crippen LogP contribution in [-0.2, 0) is 9.53 Å². The molecule has 0 aromatic carbocycles. The Hall–Kier alpha value is -0.283. The molecule has 0 saturated carbocycles. The van der Waals surface area contributed by atoms with Crippen molar-refractivity contribution in [1.29, 1.82) is 0 Å². The van der Waals surface area contributed by atoms with E-state index < -0.39 is 7.38 Å². The van der Waals surface area contributed by atoms with Crippen LogP contribution in [0.15, 0.2) is 12.2 Å². The zero-order chi connectivity index (χ0) is 20.4. The van der Waals surface area contributed by atoms with Crippen molar-refractivity contribution in [1.82, 2.24) is 0 Å². The molecule has 0 unspecified atom stereocenters. The minimum absolute atomic E-state index is 0.258. The summed E-state index contributed by atoms with van der Waals surface area (Å²) in [7, 11) is -1.32. The van der Waals surface area contributed by atoms with E-state index in [0.717, 1.165) is 12.8 Å². The summed E-state index contributed by atoms with van der Waals surface area (Å²) in [6.07, 6.45) is 20.0. The van der Waals surface area contributed by atoms with Crippen LogP contribution >= 0.6 is 11.1 Å². The molecular formula is C23H45ClO2Si. The molecule has 4 heteroatoms. The standard InChI is InChI=1S/C23H45ClO2Si/c1-22(2)23(25)26-20-18-16-14-12-10-8-6-5-7-9-11-13-15-17-19-21-27(3,4)24/h1,5-21H2,2-4H3. The van der Waals surface area contributed by atoms with Gasteiger partial charge >= 0.3 is 5.97 Å². The second kappa shape index (κ2) is 17.8. The minimum atomic E-state index is -1.32. The van der Waals surface area contributed by atoms with Gasteiger partial charge in [-0.3, -0.25) is 0 Å². The first-order valence-corrected chi connectivity index (χ1v) is 15.6. The predicted molar refractivity (Wildman–Crippen MR) is 123 cm³/mol. The molecule has 0 radical (unpaired) electrons. The topological polar surface area (TPSA) is 26.3 Å². The van der Waals surface area contributed by atoms with E-state index in [0.29, 0.717) is 12.2 Å². The Labute approximate surface area is 175 Å². The first kappa shape index (κ1) is 26.7. The second-order valence-electron chi connectivity index (χ2n) is 8.69. The number of rotatable bonds is 19. The van der Waals surface area contributed by atoms with Gasteiger partial charge in [-0.15, -0.1) is 0 Å². The lowest BCUT2D eigenvalue weighted by molar-refractivity contribution is -0.139. The number of unbranched alkanes of at least 4 members (excludes halogenated alkanes) is 14. The molecule has 0 aliphatic heterocycles. The third-order valence-corrected chi connectivity index (χ3v) is 7.11. The van der Waals surface area contributed by atoms with E-state index >= 15 is 0 Å². The van der Waals surface area contributed by atoms with E-state index in [2.05, 4.69) is 19.7 Å². The first-order chi connectivity index (χ1) is 12.8. The van der Waals surface area contributed by atoms with Gasteiger partial charge in [-0.05, 0) is 19.4 Å². The summed E-state index contributed by atoms with van der Waals surface area (Å²) in [4.78, 5) is 11.2. The average Bonchev–Trinajstić information content (AvgIpc) is 2.59. The highest BCUT2D eigenvalue weighted by Gasteiger charge is 2.15. The molecule has 0 N–H and O–H groups in total. The molecule has 0 amide bonds. The fourth-order valence-corrected chi connectivity index (χ4v) is 4.73. The van der Waals surface area contributed by atoms with Gasteiger partial charge in [-0.1, -0.05) is 110 Å². The number of hydrogen-bond acceptors (Lipinski definition) is 2. The zero-order valence-electron chi connectivity index (χ0n) is 18.4. The zero-order valence-corrected chi connectivity index (χ0v) is 20.2. The molecule has 0 aromatic rings. The molecule has 0 aliphatic carbocycles. The van der Waals surface area contributed by atoms with Crippen molar-refractivity contribution in [3.05, 3.63) is 12.2 Å². The molecule has 0 aliphatic rings. The quantitative estimate of drug-likeness (QED) is 0.0694. The molecule has 0 bridgehead atoms. The monoisotopic (exact) mass is 416 g/mol. The van der Waals surface area contributed by atoms with Crippen LogP contribution in [-0.4, -0.2) is 20.0 Å². The molecule has 2 nitrogen and oxygen atoms in total. The van der Waals surface area contributed by atoms with Gasteiger partial charge in [0.25, 0.3) is 0 Å². The van der Waals surface area contributed by atoms with E-state index in [1.54, 1.807) is 6.92 Å². The molecular weight excluding hydrogens is 372 g/mol. The van der Waals surface area contributed by atoms with E-state index in [1.807, 2.05) is 0 Å². The lowest BCUT2D eigenvalue weighted by Crippen LogP contribution is -2.14. The van der Waals surface area contributed by atoms with Gasteiger partial charge in [0.2, 0.25) is 0 Å². The Kier molecular flexibility index (Phi) is 17.6. The summed E-state index contributed by atoms with van der Waals surface area (Å²) >= 11 is 6.34. The molecule has 0 aromatic heterocycles. The highest BCUT2D eigenvalue weighted by molar-refractivity contribution is 7.19. The fraction of sp³-hybridized carbons (Fsp3) is 0.870. The Morgan fingerprint density at radius 3 is 1.41 bits per heavy atom. The smallest absolute Gasteiger partial charge is 0.333 e. The van der Waals surface area contributed by atoms with Gasteiger partial charge in [0, 0.05) is 5.57 Å². The molecule has 0 heterocycles. The molecule has 0 saturated heterocycles. The Balaban J connectivity index is 3.11. The number of hydrogen-bond donors (Lipinski definition) is 0. The lowest BCUT2D eigenvalue weighted by Gasteiger charge is -2.11. The molecule has 27 heavy (non-hydrogen) atoms. The van der Waals surface area contributed by atoms with E-state index in [-0.39, 0.29) is 5.97 Å². The second-order valence-corrected chi connectivity index (χ2v) is 15.7. The highest BCUT2D eigenvalue weighted by atomic mass is 35.6. The van der Waals surface area contributed by atoms with Crippen molar-refractivity contribution >= 4 is 24.4 Å². The van der Waals surface area contributed by atoms with E-state index in [4.69, 9.17) is 15.8 Å². The van der Waals surface area contributed by atoms with Crippen LogP contribution in [0.4, 0.5) is 0 Å². The summed E-state index contributed by atoms with van der Waals surface area (Å²) in [5, 5.41) is 0. The van der Waals surface area contributed by atoms with Crippen LogP contribution in [0.5, 0.6) is 0 Å². The predicted octanol–water partition coefficient (Wildman–Crippen LogP) is 8.40. The van der Waals surface area contributed by atoms with Crippen LogP contribution in [0.2, 0.25) is 19.1 Å². The number of ether oxygens (including phenoxy) is 1. The van der Waals surface area contributed by atoms with Gasteiger partial charge in [-0.25, -0.2) is 4.79 Å². The number of carbonyl (C=O) groups is 1. The number of carbonyl (C=O) groups excluding carboxylic acids is 1. The molecule has 0 atom stereocenters. The summed E-state index contributed by atoms with van der Waals surface area (Å²) in [5.41, 5.74) is 0.489. The van der Waals surface area contributed by atoms with Crippen molar-refractivity contribution in [2.24, 2.45) is 0 Å². The van der Waals surface area contributed by atoms with Gasteiger partial charge in [0.05, 0.1) is 6.61 Å².